The van der Waals surface area contributed by atoms with Gasteiger partial charge in [-0.3, -0.25) is 0 Å². The minimum Gasteiger partial charge on any atom is -0.393 e. The zero-order valence-corrected chi connectivity index (χ0v) is 11.5. The summed E-state index contributed by atoms with van der Waals surface area (Å²) >= 11 is 0. The molecule has 2 amide bonds. The van der Waals surface area contributed by atoms with Gasteiger partial charge in [-0.2, -0.15) is 0 Å². The Morgan fingerprint density at radius 2 is 2.11 bits per heavy atom. The van der Waals surface area contributed by atoms with Crippen LogP contribution in [0.25, 0.3) is 0 Å². The second-order valence-electron chi connectivity index (χ2n) is 4.99. The van der Waals surface area contributed by atoms with Gasteiger partial charge in [0.05, 0.1) is 6.10 Å². The number of anilines is 1. The van der Waals surface area contributed by atoms with E-state index in [0.29, 0.717) is 24.2 Å². The smallest absolute Gasteiger partial charge is 0.319 e. The third kappa shape index (κ3) is 5.70. The highest BCUT2D eigenvalue weighted by Crippen LogP contribution is 2.13. The van der Waals surface area contributed by atoms with Crippen molar-refractivity contribution in [2.75, 3.05) is 11.9 Å². The molecular formula is C14H21FN2O2. The number of halogens is 1. The summed E-state index contributed by atoms with van der Waals surface area (Å²) in [6.45, 7) is 5.80. The zero-order valence-electron chi connectivity index (χ0n) is 11.5. The first-order valence-corrected chi connectivity index (χ1v) is 6.37. The van der Waals surface area contributed by atoms with Crippen molar-refractivity contribution in [2.24, 2.45) is 5.92 Å². The van der Waals surface area contributed by atoms with E-state index < -0.39 is 0 Å². The second kappa shape index (κ2) is 7.09. The molecule has 2 unspecified atom stereocenters. The van der Waals surface area contributed by atoms with Crippen molar-refractivity contribution in [3.63, 3.8) is 0 Å². The molecule has 0 saturated heterocycles. The van der Waals surface area contributed by atoms with Gasteiger partial charge in [0, 0.05) is 12.2 Å². The van der Waals surface area contributed by atoms with Gasteiger partial charge in [-0.25, -0.2) is 9.18 Å². The summed E-state index contributed by atoms with van der Waals surface area (Å²) < 4.78 is 13.1. The quantitative estimate of drug-likeness (QED) is 0.769. The lowest BCUT2D eigenvalue weighted by Gasteiger charge is -2.14. The summed E-state index contributed by atoms with van der Waals surface area (Å²) in [5, 5.41) is 14.6. The molecule has 0 aliphatic carbocycles. The summed E-state index contributed by atoms with van der Waals surface area (Å²) in [5.41, 5.74) is 1.04. The molecule has 0 fully saturated rings. The van der Waals surface area contributed by atoms with Gasteiger partial charge in [-0.15, -0.1) is 0 Å². The molecule has 19 heavy (non-hydrogen) atoms. The zero-order chi connectivity index (χ0) is 14.4. The van der Waals surface area contributed by atoms with Crippen LogP contribution < -0.4 is 10.6 Å². The predicted molar refractivity (Wildman–Crippen MR) is 73.6 cm³/mol. The highest BCUT2D eigenvalue weighted by atomic mass is 19.1. The number of benzene rings is 1. The third-order valence-corrected chi connectivity index (χ3v) is 2.77. The van der Waals surface area contributed by atoms with Gasteiger partial charge >= 0.3 is 6.03 Å². The molecule has 0 bridgehead atoms. The maximum atomic E-state index is 13.1. The Morgan fingerprint density at radius 1 is 1.42 bits per heavy atom. The van der Waals surface area contributed by atoms with Crippen molar-refractivity contribution in [2.45, 2.75) is 33.3 Å². The Bertz CT molecular complexity index is 435. The van der Waals surface area contributed by atoms with E-state index in [9.17, 15) is 14.3 Å². The summed E-state index contributed by atoms with van der Waals surface area (Å²) in [6.07, 6.45) is 0.259. The fourth-order valence-electron chi connectivity index (χ4n) is 1.83. The normalized spacial score (nSPS) is 13.7. The van der Waals surface area contributed by atoms with E-state index in [1.165, 1.54) is 12.1 Å². The molecule has 0 aliphatic heterocycles. The monoisotopic (exact) mass is 268 g/mol. The lowest BCUT2D eigenvalue weighted by molar-refractivity contribution is 0.163. The van der Waals surface area contributed by atoms with E-state index in [1.807, 2.05) is 6.92 Å². The molecule has 0 radical (unpaired) electrons. The molecule has 0 saturated carbocycles. The molecule has 3 N–H and O–H groups in total. The van der Waals surface area contributed by atoms with Crippen LogP contribution in [0.1, 0.15) is 25.8 Å². The third-order valence-electron chi connectivity index (χ3n) is 2.77. The summed E-state index contributed by atoms with van der Waals surface area (Å²) in [4.78, 5) is 11.6. The van der Waals surface area contributed by atoms with Gasteiger partial charge in [0.15, 0.2) is 0 Å². The maximum Gasteiger partial charge on any atom is 0.319 e. The Kier molecular flexibility index (Phi) is 5.76. The van der Waals surface area contributed by atoms with Crippen molar-refractivity contribution in [3.05, 3.63) is 29.6 Å². The maximum absolute atomic E-state index is 13.1. The topological polar surface area (TPSA) is 61.4 Å². The van der Waals surface area contributed by atoms with E-state index in [-0.39, 0.29) is 23.9 Å². The number of carbonyl (C=O) groups is 1. The lowest BCUT2D eigenvalue weighted by Crippen LogP contribution is -2.33. The van der Waals surface area contributed by atoms with Crippen molar-refractivity contribution in [3.8, 4) is 0 Å². The van der Waals surface area contributed by atoms with Crippen molar-refractivity contribution < 1.29 is 14.3 Å². The fraction of sp³-hybridized carbons (Fsp3) is 0.500. The lowest BCUT2D eigenvalue weighted by atomic mass is 10.1. The van der Waals surface area contributed by atoms with Crippen LogP contribution in [0.5, 0.6) is 0 Å². The average Bonchev–Trinajstić information content (AvgIpc) is 2.30. The number of urea groups is 1. The van der Waals surface area contributed by atoms with Crippen molar-refractivity contribution >= 4 is 11.7 Å². The molecule has 5 heteroatoms. The van der Waals surface area contributed by atoms with Crippen molar-refractivity contribution in [1.82, 2.24) is 5.32 Å². The molecule has 2 atom stereocenters. The SMILES string of the molecule is Cc1cc(NC(=O)NCC(C)CC(C)O)ccc1F. The molecule has 106 valence electrons. The number of hydrogen-bond acceptors (Lipinski definition) is 2. The first kappa shape index (κ1) is 15.4. The molecule has 0 aliphatic rings. The number of aryl methyl sites for hydroxylation is 1. The number of nitrogens with one attached hydrogen (secondary N) is 2. The Balaban J connectivity index is 2.40. The van der Waals surface area contributed by atoms with Gasteiger partial charge in [0.1, 0.15) is 5.82 Å². The number of hydrogen-bond donors (Lipinski definition) is 3. The average molecular weight is 268 g/mol. The Labute approximate surface area is 113 Å². The van der Waals surface area contributed by atoms with E-state index in [0.717, 1.165) is 0 Å². The van der Waals surface area contributed by atoms with Crippen LogP contribution in [0.2, 0.25) is 0 Å². The molecule has 4 nitrogen and oxygen atoms in total. The molecule has 1 aromatic rings. The van der Waals surface area contributed by atoms with E-state index in [4.69, 9.17) is 0 Å². The minimum absolute atomic E-state index is 0.195. The number of amides is 2. The first-order valence-electron chi connectivity index (χ1n) is 6.37. The first-order chi connectivity index (χ1) is 8.88. The molecule has 0 heterocycles. The van der Waals surface area contributed by atoms with Gasteiger partial charge in [0.25, 0.3) is 0 Å². The van der Waals surface area contributed by atoms with Crippen LogP contribution in [0.3, 0.4) is 0 Å². The fourth-order valence-corrected chi connectivity index (χ4v) is 1.83. The van der Waals surface area contributed by atoms with Crippen LogP contribution in [0.4, 0.5) is 14.9 Å². The van der Waals surface area contributed by atoms with Crippen LogP contribution in [-0.4, -0.2) is 23.8 Å². The summed E-state index contributed by atoms with van der Waals surface area (Å²) in [6, 6.07) is 4.08. The molecule has 0 spiro atoms. The number of aliphatic hydroxyl groups is 1. The molecular weight excluding hydrogens is 247 g/mol. The van der Waals surface area contributed by atoms with E-state index in [1.54, 1.807) is 19.9 Å². The van der Waals surface area contributed by atoms with Crippen LogP contribution in [0, 0.1) is 18.7 Å². The van der Waals surface area contributed by atoms with Crippen LogP contribution >= 0.6 is 0 Å². The molecule has 1 aromatic carbocycles. The van der Waals surface area contributed by atoms with Crippen LogP contribution in [-0.2, 0) is 0 Å². The van der Waals surface area contributed by atoms with Gasteiger partial charge in [-0.1, -0.05) is 6.92 Å². The van der Waals surface area contributed by atoms with E-state index >= 15 is 0 Å². The van der Waals surface area contributed by atoms with Gasteiger partial charge in [0.2, 0.25) is 0 Å². The van der Waals surface area contributed by atoms with Crippen molar-refractivity contribution in [1.29, 1.82) is 0 Å². The van der Waals surface area contributed by atoms with Gasteiger partial charge < -0.3 is 15.7 Å². The number of carbonyl (C=O) groups excluding carboxylic acids is 1. The molecule has 0 aromatic heterocycles. The second-order valence-corrected chi connectivity index (χ2v) is 4.99. The minimum atomic E-state index is -0.375. The molecule has 1 rings (SSSR count). The number of aliphatic hydroxyl groups excluding tert-OH is 1. The summed E-state index contributed by atoms with van der Waals surface area (Å²) in [7, 11) is 0. The predicted octanol–water partition coefficient (Wildman–Crippen LogP) is 2.66. The highest BCUT2D eigenvalue weighted by Gasteiger charge is 2.08. The van der Waals surface area contributed by atoms with E-state index in [2.05, 4.69) is 10.6 Å². The Morgan fingerprint density at radius 3 is 2.68 bits per heavy atom. The van der Waals surface area contributed by atoms with Crippen LogP contribution in [0.15, 0.2) is 18.2 Å². The largest absolute Gasteiger partial charge is 0.393 e. The highest BCUT2D eigenvalue weighted by molar-refractivity contribution is 5.89. The summed E-state index contributed by atoms with van der Waals surface area (Å²) in [5.74, 6) is -0.0998. The Hall–Kier alpha value is -1.62. The number of rotatable bonds is 5. The standard InChI is InChI=1S/C14H21FN2O2/c1-9(6-11(3)18)8-16-14(19)17-12-4-5-13(15)10(2)7-12/h4-5,7,9,11,18H,6,8H2,1-3H3,(H2,16,17,19). The van der Waals surface area contributed by atoms with Gasteiger partial charge in [-0.05, 0) is 49.9 Å².